The van der Waals surface area contributed by atoms with E-state index in [0.29, 0.717) is 21.9 Å². The zero-order valence-corrected chi connectivity index (χ0v) is 11.8. The third-order valence-corrected chi connectivity index (χ3v) is 3.90. The first-order chi connectivity index (χ1) is 9.60. The van der Waals surface area contributed by atoms with Crippen LogP contribution in [0.15, 0.2) is 41.6 Å². The zero-order chi connectivity index (χ0) is 14.5. The third-order valence-electron chi connectivity index (χ3n) is 2.57. The monoisotopic (exact) mass is 308 g/mol. The van der Waals surface area contributed by atoms with Crippen molar-refractivity contribution in [3.05, 3.63) is 58.5 Å². The maximum atomic E-state index is 12.9. The Morgan fingerprint density at radius 2 is 2.20 bits per heavy atom. The van der Waals surface area contributed by atoms with E-state index >= 15 is 0 Å². The van der Waals surface area contributed by atoms with Crippen molar-refractivity contribution in [2.45, 2.75) is 11.1 Å². The van der Waals surface area contributed by atoms with Crippen LogP contribution in [-0.2, 0) is 0 Å². The highest BCUT2D eigenvalue weighted by molar-refractivity contribution is 7.99. The van der Waals surface area contributed by atoms with Crippen LogP contribution in [0, 0.1) is 17.1 Å². The molecule has 1 heterocycles. The zero-order valence-electron chi connectivity index (χ0n) is 10.3. The first-order valence-corrected chi connectivity index (χ1v) is 7.08. The molecule has 0 amide bonds. The van der Waals surface area contributed by atoms with Crippen molar-refractivity contribution in [3.63, 3.8) is 0 Å². The number of aromatic nitrogens is 1. The summed E-state index contributed by atoms with van der Waals surface area (Å²) in [6.07, 6.45) is 0.707. The minimum atomic E-state index is -0.833. The highest BCUT2D eigenvalue weighted by atomic mass is 35.5. The Hall–Kier alpha value is -1.61. The van der Waals surface area contributed by atoms with Crippen molar-refractivity contribution in [3.8, 4) is 6.07 Å². The predicted molar refractivity (Wildman–Crippen MR) is 76.0 cm³/mol. The number of benzene rings is 1. The number of rotatable bonds is 4. The van der Waals surface area contributed by atoms with Gasteiger partial charge in [0.25, 0.3) is 0 Å². The van der Waals surface area contributed by atoms with Crippen LogP contribution in [-0.4, -0.2) is 15.8 Å². The molecular formula is C14H10ClFN2OS. The molecule has 0 aliphatic carbocycles. The van der Waals surface area contributed by atoms with Gasteiger partial charge in [-0.3, -0.25) is 0 Å². The van der Waals surface area contributed by atoms with Crippen molar-refractivity contribution in [1.29, 1.82) is 5.26 Å². The standard InChI is InChI=1S/C14H10ClFN2OS/c15-12-6-10(16)1-2-11(12)13(19)8-20-14-5-9(7-17)3-4-18-14/h1-6,13,19H,8H2/t13-/m0/s1. The SMILES string of the molecule is N#Cc1ccnc(SC[C@H](O)c2ccc(F)cc2Cl)c1. The van der Waals surface area contributed by atoms with Crippen LogP contribution in [0.25, 0.3) is 0 Å². The summed E-state index contributed by atoms with van der Waals surface area (Å²) < 4.78 is 12.9. The highest BCUT2D eigenvalue weighted by Gasteiger charge is 2.13. The smallest absolute Gasteiger partial charge is 0.124 e. The van der Waals surface area contributed by atoms with Crippen molar-refractivity contribution < 1.29 is 9.50 Å². The summed E-state index contributed by atoms with van der Waals surface area (Å²) in [7, 11) is 0. The molecule has 1 N–H and O–H groups in total. The molecule has 1 atom stereocenters. The Labute approximate surface area is 125 Å². The molecule has 0 aliphatic rings. The van der Waals surface area contributed by atoms with Gasteiger partial charge in [-0.2, -0.15) is 5.26 Å². The summed E-state index contributed by atoms with van der Waals surface area (Å²) in [6.45, 7) is 0. The highest BCUT2D eigenvalue weighted by Crippen LogP contribution is 2.28. The molecule has 0 aliphatic heterocycles. The lowest BCUT2D eigenvalue weighted by atomic mass is 10.1. The van der Waals surface area contributed by atoms with E-state index in [-0.39, 0.29) is 5.02 Å². The van der Waals surface area contributed by atoms with E-state index < -0.39 is 11.9 Å². The number of aliphatic hydroxyl groups is 1. The summed E-state index contributed by atoms with van der Waals surface area (Å²) >= 11 is 7.19. The first-order valence-electron chi connectivity index (χ1n) is 5.72. The molecule has 0 fully saturated rings. The van der Waals surface area contributed by atoms with Gasteiger partial charge < -0.3 is 5.11 Å². The van der Waals surface area contributed by atoms with Gasteiger partial charge in [0.1, 0.15) is 5.82 Å². The van der Waals surface area contributed by atoms with E-state index in [1.807, 2.05) is 6.07 Å². The number of nitrogens with zero attached hydrogens (tertiary/aromatic N) is 2. The van der Waals surface area contributed by atoms with Gasteiger partial charge in [-0.25, -0.2) is 9.37 Å². The van der Waals surface area contributed by atoms with E-state index in [4.69, 9.17) is 16.9 Å². The lowest BCUT2D eigenvalue weighted by Gasteiger charge is -2.12. The Bertz CT molecular complexity index is 660. The van der Waals surface area contributed by atoms with E-state index in [1.165, 1.54) is 36.2 Å². The normalized spacial score (nSPS) is 11.9. The summed E-state index contributed by atoms with van der Waals surface area (Å²) in [6, 6.07) is 9.15. The molecule has 2 rings (SSSR count). The van der Waals surface area contributed by atoms with Gasteiger partial charge >= 0.3 is 0 Å². The van der Waals surface area contributed by atoms with Crippen LogP contribution in [0.3, 0.4) is 0 Å². The lowest BCUT2D eigenvalue weighted by molar-refractivity contribution is 0.204. The van der Waals surface area contributed by atoms with Gasteiger partial charge in [0.15, 0.2) is 0 Å². The molecule has 0 radical (unpaired) electrons. The van der Waals surface area contributed by atoms with Crippen LogP contribution < -0.4 is 0 Å². The fraction of sp³-hybridized carbons (Fsp3) is 0.143. The van der Waals surface area contributed by atoms with E-state index in [2.05, 4.69) is 4.98 Å². The van der Waals surface area contributed by atoms with E-state index in [9.17, 15) is 9.50 Å². The quantitative estimate of drug-likeness (QED) is 0.877. The van der Waals surface area contributed by atoms with Gasteiger partial charge in [0.2, 0.25) is 0 Å². The molecule has 0 unspecified atom stereocenters. The maximum Gasteiger partial charge on any atom is 0.124 e. The molecule has 0 saturated heterocycles. The molecule has 1 aromatic heterocycles. The molecule has 3 nitrogen and oxygen atoms in total. The number of thioether (sulfide) groups is 1. The van der Waals surface area contributed by atoms with Crippen molar-refractivity contribution in [2.24, 2.45) is 0 Å². The lowest BCUT2D eigenvalue weighted by Crippen LogP contribution is -2.02. The maximum absolute atomic E-state index is 12.9. The fourth-order valence-corrected chi connectivity index (χ4v) is 2.73. The molecule has 2 aromatic rings. The second-order valence-corrected chi connectivity index (χ2v) is 5.43. The minimum Gasteiger partial charge on any atom is -0.387 e. The van der Waals surface area contributed by atoms with Crippen LogP contribution in [0.5, 0.6) is 0 Å². The molecule has 0 saturated carbocycles. The summed E-state index contributed by atoms with van der Waals surface area (Å²) in [5.74, 6) is -0.130. The number of aliphatic hydroxyl groups excluding tert-OH is 1. The molecule has 0 spiro atoms. The van der Waals surface area contributed by atoms with Crippen LogP contribution >= 0.6 is 23.4 Å². The number of halogens is 2. The average molecular weight is 309 g/mol. The van der Waals surface area contributed by atoms with E-state index in [0.717, 1.165) is 0 Å². The average Bonchev–Trinajstić information content (AvgIpc) is 2.45. The van der Waals surface area contributed by atoms with Gasteiger partial charge in [-0.15, -0.1) is 11.8 Å². The fourth-order valence-electron chi connectivity index (χ4n) is 1.58. The van der Waals surface area contributed by atoms with Gasteiger partial charge in [0, 0.05) is 22.5 Å². The van der Waals surface area contributed by atoms with Gasteiger partial charge in [-0.1, -0.05) is 17.7 Å². The Balaban J connectivity index is 2.04. The number of hydrogen-bond donors (Lipinski definition) is 1. The van der Waals surface area contributed by atoms with Gasteiger partial charge in [-0.05, 0) is 24.3 Å². The molecule has 1 aromatic carbocycles. The van der Waals surface area contributed by atoms with Crippen LogP contribution in [0.2, 0.25) is 5.02 Å². The summed E-state index contributed by atoms with van der Waals surface area (Å²) in [5, 5.41) is 19.7. The largest absolute Gasteiger partial charge is 0.387 e. The van der Waals surface area contributed by atoms with Crippen molar-refractivity contribution >= 4 is 23.4 Å². The Kier molecular flexibility index (Phi) is 4.96. The van der Waals surface area contributed by atoms with Gasteiger partial charge in [0.05, 0.1) is 22.8 Å². The number of nitriles is 1. The topological polar surface area (TPSA) is 56.9 Å². The second-order valence-electron chi connectivity index (χ2n) is 3.99. The molecule has 0 bridgehead atoms. The predicted octanol–water partition coefficient (Wildman–Crippen LogP) is 3.57. The summed E-state index contributed by atoms with van der Waals surface area (Å²) in [4.78, 5) is 4.10. The van der Waals surface area contributed by atoms with E-state index in [1.54, 1.807) is 12.1 Å². The molecular weight excluding hydrogens is 299 g/mol. The second kappa shape index (κ2) is 6.71. The Morgan fingerprint density at radius 1 is 1.40 bits per heavy atom. The Morgan fingerprint density at radius 3 is 2.90 bits per heavy atom. The van der Waals surface area contributed by atoms with Crippen LogP contribution in [0.1, 0.15) is 17.2 Å². The first kappa shape index (κ1) is 14.8. The molecule has 20 heavy (non-hydrogen) atoms. The summed E-state index contributed by atoms with van der Waals surface area (Å²) in [5.41, 5.74) is 0.980. The number of hydrogen-bond acceptors (Lipinski definition) is 4. The minimum absolute atomic E-state index is 0.192. The van der Waals surface area contributed by atoms with Crippen molar-refractivity contribution in [1.82, 2.24) is 4.98 Å². The third kappa shape index (κ3) is 3.70. The molecule has 6 heteroatoms. The van der Waals surface area contributed by atoms with Crippen molar-refractivity contribution in [2.75, 3.05) is 5.75 Å². The van der Waals surface area contributed by atoms with Crippen LogP contribution in [0.4, 0.5) is 4.39 Å². The molecule has 102 valence electrons. The number of pyridine rings is 1.